The molecule has 0 radical (unpaired) electrons. The van der Waals surface area contributed by atoms with Crippen LogP contribution < -0.4 is 5.32 Å². The van der Waals surface area contributed by atoms with E-state index in [0.29, 0.717) is 10.1 Å². The molecule has 1 N–H and O–H groups in total. The van der Waals surface area contributed by atoms with Crippen molar-refractivity contribution in [1.29, 1.82) is 0 Å². The van der Waals surface area contributed by atoms with Crippen LogP contribution in [0.25, 0.3) is 0 Å². The third kappa shape index (κ3) is 5.29. The fourth-order valence-corrected chi connectivity index (χ4v) is 3.13. The maximum absolute atomic E-state index is 12.0. The van der Waals surface area contributed by atoms with Gasteiger partial charge in [-0.25, -0.2) is 12.7 Å². The summed E-state index contributed by atoms with van der Waals surface area (Å²) >= 11 is 1.87. The Hall–Kier alpha value is -0.560. The van der Waals surface area contributed by atoms with Gasteiger partial charge in [0, 0.05) is 25.4 Å². The molecule has 6 heteroatoms. The summed E-state index contributed by atoms with van der Waals surface area (Å²) in [5, 5.41) is 4.12. The zero-order valence-corrected chi connectivity index (χ0v) is 15.1. The average molecular weight is 331 g/mol. The van der Waals surface area contributed by atoms with Gasteiger partial charge >= 0.3 is 0 Å². The van der Waals surface area contributed by atoms with Gasteiger partial charge in [0.05, 0.1) is 4.90 Å². The minimum absolute atomic E-state index is 0.218. The molecule has 1 aromatic rings. The predicted octanol–water partition coefficient (Wildman–Crippen LogP) is 2.73. The van der Waals surface area contributed by atoms with E-state index in [1.165, 1.54) is 4.31 Å². The summed E-state index contributed by atoms with van der Waals surface area (Å²) in [5.74, 6) is 0. The Morgan fingerprint density at radius 1 is 1.19 bits per heavy atom. The molecule has 0 saturated carbocycles. The molecule has 0 spiro atoms. The molecule has 4 nitrogen and oxygen atoms in total. The number of nitrogens with one attached hydrogen (secondary N) is 1. The third-order valence-corrected chi connectivity index (χ3v) is 6.43. The van der Waals surface area contributed by atoms with Gasteiger partial charge in [0.2, 0.25) is 10.0 Å². The predicted molar refractivity (Wildman–Crippen MR) is 91.3 cm³/mol. The first-order valence-electron chi connectivity index (χ1n) is 7.07. The largest absolute Gasteiger partial charge is 0.310 e. The fraction of sp³-hybridized carbons (Fsp3) is 0.600. The van der Waals surface area contributed by atoms with Crippen LogP contribution in [0.2, 0.25) is 0 Å². The quantitative estimate of drug-likeness (QED) is 0.796. The van der Waals surface area contributed by atoms with E-state index >= 15 is 0 Å². The monoisotopic (exact) mass is 330 g/mol. The Morgan fingerprint density at radius 3 is 2.24 bits per heavy atom. The molecule has 0 heterocycles. The summed E-state index contributed by atoms with van der Waals surface area (Å²) in [4.78, 5) is 0.333. The molecule has 1 rings (SSSR count). The second-order valence-corrected chi connectivity index (χ2v) is 8.80. The van der Waals surface area contributed by atoms with E-state index in [-0.39, 0.29) is 6.04 Å². The molecule has 0 aliphatic heterocycles. The van der Waals surface area contributed by atoms with Crippen LogP contribution in [0.4, 0.5) is 0 Å². The lowest BCUT2D eigenvalue weighted by Gasteiger charge is -2.17. The highest BCUT2D eigenvalue weighted by Gasteiger charge is 2.17. The topological polar surface area (TPSA) is 49.4 Å². The highest BCUT2D eigenvalue weighted by atomic mass is 32.2. The van der Waals surface area contributed by atoms with Crippen LogP contribution >= 0.6 is 11.8 Å². The van der Waals surface area contributed by atoms with Gasteiger partial charge in [0.15, 0.2) is 0 Å². The molecule has 1 aromatic carbocycles. The summed E-state index contributed by atoms with van der Waals surface area (Å²) in [6.07, 6.45) is 3.25. The molecule has 120 valence electrons. The third-order valence-electron chi connectivity index (χ3n) is 3.56. The summed E-state index contributed by atoms with van der Waals surface area (Å²) < 4.78 is 25.2. The lowest BCUT2D eigenvalue weighted by molar-refractivity contribution is 0.520. The van der Waals surface area contributed by atoms with E-state index < -0.39 is 10.0 Å². The van der Waals surface area contributed by atoms with Crippen LogP contribution in [-0.4, -0.2) is 44.9 Å². The Balaban J connectivity index is 2.66. The number of sulfonamides is 1. The van der Waals surface area contributed by atoms with Crippen molar-refractivity contribution in [2.24, 2.45) is 0 Å². The van der Waals surface area contributed by atoms with Crippen molar-refractivity contribution < 1.29 is 8.42 Å². The number of hydrogen-bond acceptors (Lipinski definition) is 4. The maximum atomic E-state index is 12.0. The van der Waals surface area contributed by atoms with Gasteiger partial charge in [-0.1, -0.05) is 19.1 Å². The Morgan fingerprint density at radius 2 is 1.76 bits per heavy atom. The van der Waals surface area contributed by atoms with Crippen LogP contribution in [0.3, 0.4) is 0 Å². The van der Waals surface area contributed by atoms with Gasteiger partial charge in [0.25, 0.3) is 0 Å². The van der Waals surface area contributed by atoms with Gasteiger partial charge < -0.3 is 5.32 Å². The van der Waals surface area contributed by atoms with Gasteiger partial charge in [-0.2, -0.15) is 11.8 Å². The summed E-state index contributed by atoms with van der Waals surface area (Å²) in [5.41, 5.74) is 1.10. The molecule has 0 aromatic heterocycles. The molecule has 0 aliphatic rings. The Kier molecular flexibility index (Phi) is 7.20. The molecular formula is C15H26N2O2S2. The molecular weight excluding hydrogens is 304 g/mol. The zero-order valence-electron chi connectivity index (χ0n) is 13.5. The van der Waals surface area contributed by atoms with E-state index in [4.69, 9.17) is 0 Å². The second-order valence-electron chi connectivity index (χ2n) is 5.37. The number of nitrogens with zero attached hydrogens (tertiary/aromatic N) is 1. The maximum Gasteiger partial charge on any atom is 0.242 e. The van der Waals surface area contributed by atoms with Gasteiger partial charge in [-0.15, -0.1) is 0 Å². The van der Waals surface area contributed by atoms with Crippen LogP contribution in [0.5, 0.6) is 0 Å². The number of hydrogen-bond donors (Lipinski definition) is 1. The van der Waals surface area contributed by atoms with E-state index in [1.807, 2.05) is 23.9 Å². The Bertz CT molecular complexity index is 527. The number of thioether (sulfide) groups is 1. The second kappa shape index (κ2) is 8.17. The van der Waals surface area contributed by atoms with Gasteiger partial charge in [0.1, 0.15) is 0 Å². The van der Waals surface area contributed by atoms with Crippen molar-refractivity contribution in [2.75, 3.05) is 26.9 Å². The van der Waals surface area contributed by atoms with Gasteiger partial charge in [-0.05, 0) is 43.8 Å². The van der Waals surface area contributed by atoms with Crippen molar-refractivity contribution >= 4 is 21.8 Å². The lowest BCUT2D eigenvalue weighted by Crippen LogP contribution is -2.23. The van der Waals surface area contributed by atoms with E-state index in [9.17, 15) is 8.42 Å². The smallest absolute Gasteiger partial charge is 0.242 e. The van der Waals surface area contributed by atoms with Crippen molar-refractivity contribution in [3.05, 3.63) is 29.8 Å². The number of rotatable bonds is 8. The van der Waals surface area contributed by atoms with Crippen molar-refractivity contribution in [3.8, 4) is 0 Å². The minimum Gasteiger partial charge on any atom is -0.310 e. The SMILES string of the molecule is CSC(C)CCNC(C)c1ccc(S(=O)(=O)N(C)C)cc1. The zero-order chi connectivity index (χ0) is 16.0. The van der Waals surface area contributed by atoms with E-state index in [1.54, 1.807) is 26.2 Å². The van der Waals surface area contributed by atoms with E-state index in [0.717, 1.165) is 18.5 Å². The van der Waals surface area contributed by atoms with Crippen LogP contribution in [0, 0.1) is 0 Å². The fourth-order valence-electron chi connectivity index (χ4n) is 1.88. The normalized spacial score (nSPS) is 15.1. The van der Waals surface area contributed by atoms with Crippen LogP contribution in [0.1, 0.15) is 31.9 Å². The lowest BCUT2D eigenvalue weighted by atomic mass is 10.1. The van der Waals surface area contributed by atoms with Crippen LogP contribution in [0.15, 0.2) is 29.2 Å². The first kappa shape index (κ1) is 18.5. The van der Waals surface area contributed by atoms with E-state index in [2.05, 4.69) is 25.4 Å². The van der Waals surface area contributed by atoms with Crippen LogP contribution in [-0.2, 0) is 10.0 Å². The summed E-state index contributed by atoms with van der Waals surface area (Å²) in [7, 11) is -0.257. The standard InChI is InChI=1S/C15H26N2O2S2/c1-12(20-5)10-11-16-13(2)14-6-8-15(9-7-14)21(18,19)17(3)4/h6-9,12-13,16H,10-11H2,1-5H3. The summed E-state index contributed by atoms with van der Waals surface area (Å²) in [6.45, 7) is 5.28. The highest BCUT2D eigenvalue weighted by Crippen LogP contribution is 2.18. The average Bonchev–Trinajstić information content (AvgIpc) is 2.46. The Labute approximate surface area is 133 Å². The van der Waals surface area contributed by atoms with Crippen molar-refractivity contribution in [2.45, 2.75) is 36.5 Å². The molecule has 0 saturated heterocycles. The molecule has 0 amide bonds. The van der Waals surface area contributed by atoms with Gasteiger partial charge in [-0.3, -0.25) is 0 Å². The first-order chi connectivity index (χ1) is 9.78. The molecule has 2 atom stereocenters. The molecule has 0 aliphatic carbocycles. The number of benzene rings is 1. The summed E-state index contributed by atoms with van der Waals surface area (Å²) in [6, 6.07) is 7.33. The molecule has 0 fully saturated rings. The van der Waals surface area contributed by atoms with Crippen molar-refractivity contribution in [1.82, 2.24) is 9.62 Å². The van der Waals surface area contributed by atoms with Crippen molar-refractivity contribution in [3.63, 3.8) is 0 Å². The first-order valence-corrected chi connectivity index (χ1v) is 9.80. The molecule has 0 bridgehead atoms. The minimum atomic E-state index is -3.34. The highest BCUT2D eigenvalue weighted by molar-refractivity contribution is 7.99. The molecule has 2 unspecified atom stereocenters. The molecule has 21 heavy (non-hydrogen) atoms.